The van der Waals surface area contributed by atoms with Crippen LogP contribution >= 0.6 is 28.1 Å². The summed E-state index contributed by atoms with van der Waals surface area (Å²) in [4.78, 5) is 14.1. The van der Waals surface area contributed by atoms with E-state index in [2.05, 4.69) is 34.4 Å². The highest BCUT2D eigenvalue weighted by molar-refractivity contribution is 9.10. The Morgan fingerprint density at radius 3 is 2.57 bits per heavy atom. The van der Waals surface area contributed by atoms with Gasteiger partial charge < -0.3 is 9.64 Å². The SMILES string of the molecule is C=CCN(CC=C)C(=S)NC(=O)c1ccc(OCCC)c(Br)c1. The van der Waals surface area contributed by atoms with Crippen LogP contribution in [0.1, 0.15) is 23.7 Å². The van der Waals surface area contributed by atoms with E-state index in [0.717, 1.165) is 10.9 Å². The van der Waals surface area contributed by atoms with Crippen LogP contribution in [0.5, 0.6) is 5.75 Å². The molecule has 0 fully saturated rings. The topological polar surface area (TPSA) is 41.6 Å². The minimum atomic E-state index is -0.268. The van der Waals surface area contributed by atoms with Crippen molar-refractivity contribution in [3.8, 4) is 5.75 Å². The molecule has 0 aromatic heterocycles. The number of rotatable bonds is 8. The monoisotopic (exact) mass is 396 g/mol. The zero-order chi connectivity index (χ0) is 17.2. The number of nitrogens with one attached hydrogen (secondary N) is 1. The average molecular weight is 397 g/mol. The van der Waals surface area contributed by atoms with Crippen molar-refractivity contribution in [2.45, 2.75) is 13.3 Å². The van der Waals surface area contributed by atoms with Gasteiger partial charge in [-0.2, -0.15) is 0 Å². The smallest absolute Gasteiger partial charge is 0.257 e. The van der Waals surface area contributed by atoms with Gasteiger partial charge in [0.25, 0.3) is 5.91 Å². The maximum absolute atomic E-state index is 12.3. The summed E-state index contributed by atoms with van der Waals surface area (Å²) in [5.74, 6) is 0.446. The van der Waals surface area contributed by atoms with Gasteiger partial charge in [-0.3, -0.25) is 10.1 Å². The first-order chi connectivity index (χ1) is 11.0. The second-order valence-corrected chi connectivity index (χ2v) is 5.98. The molecule has 0 aliphatic carbocycles. The Hall–Kier alpha value is -1.66. The van der Waals surface area contributed by atoms with Crippen molar-refractivity contribution in [1.29, 1.82) is 0 Å². The molecule has 0 aliphatic heterocycles. The van der Waals surface area contributed by atoms with E-state index in [1.54, 1.807) is 35.3 Å². The Morgan fingerprint density at radius 1 is 1.39 bits per heavy atom. The number of benzene rings is 1. The van der Waals surface area contributed by atoms with E-state index >= 15 is 0 Å². The number of hydrogen-bond acceptors (Lipinski definition) is 3. The zero-order valence-corrected chi connectivity index (χ0v) is 15.6. The van der Waals surface area contributed by atoms with Crippen LogP contribution in [0.25, 0.3) is 0 Å². The first kappa shape index (κ1) is 19.4. The van der Waals surface area contributed by atoms with E-state index in [0.29, 0.717) is 36.1 Å². The Labute approximate surface area is 151 Å². The Morgan fingerprint density at radius 2 is 2.04 bits per heavy atom. The summed E-state index contributed by atoms with van der Waals surface area (Å²) in [6.45, 7) is 11.1. The molecule has 6 heteroatoms. The summed E-state index contributed by atoms with van der Waals surface area (Å²) in [7, 11) is 0. The second-order valence-electron chi connectivity index (χ2n) is 4.74. The van der Waals surface area contributed by atoms with E-state index in [-0.39, 0.29) is 5.91 Å². The lowest BCUT2D eigenvalue weighted by molar-refractivity contribution is 0.0974. The quantitative estimate of drug-likeness (QED) is 0.533. The van der Waals surface area contributed by atoms with Gasteiger partial charge in [-0.1, -0.05) is 19.1 Å². The van der Waals surface area contributed by atoms with Gasteiger partial charge in [0, 0.05) is 18.7 Å². The number of thiocarbonyl (C=S) groups is 1. The van der Waals surface area contributed by atoms with Crippen LogP contribution in [0.3, 0.4) is 0 Å². The zero-order valence-electron chi connectivity index (χ0n) is 13.2. The van der Waals surface area contributed by atoms with Crippen LogP contribution in [-0.2, 0) is 0 Å². The van der Waals surface area contributed by atoms with Gasteiger partial charge in [-0.05, 0) is 52.8 Å². The minimum Gasteiger partial charge on any atom is -0.492 e. The Kier molecular flexibility index (Phi) is 8.58. The van der Waals surface area contributed by atoms with E-state index in [9.17, 15) is 4.79 Å². The van der Waals surface area contributed by atoms with E-state index in [1.165, 1.54) is 0 Å². The highest BCUT2D eigenvalue weighted by Crippen LogP contribution is 2.26. The van der Waals surface area contributed by atoms with Crippen molar-refractivity contribution >= 4 is 39.2 Å². The average Bonchev–Trinajstić information content (AvgIpc) is 2.53. The number of carbonyl (C=O) groups excluding carboxylic acids is 1. The summed E-state index contributed by atoms with van der Waals surface area (Å²) in [5.41, 5.74) is 0.500. The minimum absolute atomic E-state index is 0.268. The lowest BCUT2D eigenvalue weighted by atomic mass is 10.2. The number of carbonyl (C=O) groups is 1. The van der Waals surface area contributed by atoms with E-state index < -0.39 is 0 Å². The van der Waals surface area contributed by atoms with Crippen LogP contribution in [0, 0.1) is 0 Å². The first-order valence-electron chi connectivity index (χ1n) is 7.27. The molecule has 0 saturated heterocycles. The second kappa shape index (κ2) is 10.2. The Bertz CT molecular complexity index is 580. The van der Waals surface area contributed by atoms with Crippen LogP contribution < -0.4 is 10.1 Å². The molecule has 0 saturated carbocycles. The summed E-state index contributed by atoms with van der Waals surface area (Å²) in [6.07, 6.45) is 4.36. The fraction of sp³-hybridized carbons (Fsp3) is 0.294. The van der Waals surface area contributed by atoms with Crippen molar-refractivity contribution in [2.75, 3.05) is 19.7 Å². The predicted molar refractivity (Wildman–Crippen MR) is 102 cm³/mol. The molecule has 0 atom stereocenters. The summed E-state index contributed by atoms with van der Waals surface area (Å²) in [5, 5.41) is 3.06. The molecule has 0 bridgehead atoms. The number of amides is 1. The van der Waals surface area contributed by atoms with Gasteiger partial charge in [0.15, 0.2) is 5.11 Å². The molecule has 23 heavy (non-hydrogen) atoms. The number of ether oxygens (including phenoxy) is 1. The standard InChI is InChI=1S/C17H21BrN2O2S/c1-4-9-20(10-5-2)17(23)19-16(21)13-7-8-15(14(18)12-13)22-11-6-3/h4-5,7-8,12H,1-2,6,9-11H2,3H3,(H,19,21,23). The van der Waals surface area contributed by atoms with Gasteiger partial charge >= 0.3 is 0 Å². The molecule has 4 nitrogen and oxygen atoms in total. The van der Waals surface area contributed by atoms with Gasteiger partial charge in [0.05, 0.1) is 11.1 Å². The van der Waals surface area contributed by atoms with Gasteiger partial charge in [0.1, 0.15) is 5.75 Å². The van der Waals surface area contributed by atoms with Crippen LogP contribution in [0.2, 0.25) is 0 Å². The molecule has 0 radical (unpaired) electrons. The maximum atomic E-state index is 12.3. The summed E-state index contributed by atoms with van der Waals surface area (Å²) < 4.78 is 6.30. The third-order valence-corrected chi connectivity index (χ3v) is 3.84. The van der Waals surface area contributed by atoms with Crippen molar-refractivity contribution in [3.63, 3.8) is 0 Å². The molecule has 1 rings (SSSR count). The summed E-state index contributed by atoms with van der Waals surface area (Å²) >= 11 is 8.68. The molecule has 0 spiro atoms. The molecule has 0 aliphatic rings. The maximum Gasteiger partial charge on any atom is 0.257 e. The van der Waals surface area contributed by atoms with Crippen LogP contribution in [-0.4, -0.2) is 35.6 Å². The van der Waals surface area contributed by atoms with Crippen LogP contribution in [0.15, 0.2) is 48.0 Å². The fourth-order valence-electron chi connectivity index (χ4n) is 1.77. The third kappa shape index (κ3) is 6.15. The highest BCUT2D eigenvalue weighted by atomic mass is 79.9. The molecule has 1 aromatic carbocycles. The van der Waals surface area contributed by atoms with Crippen molar-refractivity contribution in [1.82, 2.24) is 10.2 Å². The first-order valence-corrected chi connectivity index (χ1v) is 8.48. The largest absolute Gasteiger partial charge is 0.492 e. The number of halogens is 1. The summed E-state index contributed by atoms with van der Waals surface area (Å²) in [6, 6.07) is 5.19. The number of nitrogens with zero attached hydrogens (tertiary/aromatic N) is 1. The molecule has 1 amide bonds. The molecule has 0 unspecified atom stereocenters. The molecular weight excluding hydrogens is 376 g/mol. The molecule has 1 N–H and O–H groups in total. The van der Waals surface area contributed by atoms with Gasteiger partial charge in [-0.15, -0.1) is 13.2 Å². The molecule has 1 aromatic rings. The molecule has 124 valence electrons. The number of hydrogen-bond donors (Lipinski definition) is 1. The lowest BCUT2D eigenvalue weighted by Gasteiger charge is -2.22. The van der Waals surface area contributed by atoms with Crippen molar-refractivity contribution in [2.24, 2.45) is 0 Å². The van der Waals surface area contributed by atoms with Crippen molar-refractivity contribution < 1.29 is 9.53 Å². The lowest BCUT2D eigenvalue weighted by Crippen LogP contribution is -2.42. The predicted octanol–water partition coefficient (Wildman–Crippen LogP) is 3.93. The fourth-order valence-corrected chi connectivity index (χ4v) is 2.51. The van der Waals surface area contributed by atoms with Gasteiger partial charge in [-0.25, -0.2) is 0 Å². The van der Waals surface area contributed by atoms with E-state index in [4.69, 9.17) is 17.0 Å². The normalized spacial score (nSPS) is 9.83. The Balaban J connectivity index is 2.77. The van der Waals surface area contributed by atoms with E-state index in [1.807, 2.05) is 6.92 Å². The van der Waals surface area contributed by atoms with Gasteiger partial charge in [0.2, 0.25) is 0 Å². The molecular formula is C17H21BrN2O2S. The van der Waals surface area contributed by atoms with Crippen LogP contribution in [0.4, 0.5) is 0 Å². The van der Waals surface area contributed by atoms with Crippen molar-refractivity contribution in [3.05, 3.63) is 53.5 Å². The third-order valence-electron chi connectivity index (χ3n) is 2.86. The highest BCUT2D eigenvalue weighted by Gasteiger charge is 2.13. The molecule has 0 heterocycles.